The van der Waals surface area contributed by atoms with Crippen LogP contribution < -0.4 is 0 Å². The molecule has 1 atom stereocenters. The van der Waals surface area contributed by atoms with E-state index >= 15 is 0 Å². The Morgan fingerprint density at radius 3 is 2.44 bits per heavy atom. The lowest BCUT2D eigenvalue weighted by atomic mass is 9.99. The second-order valence-electron chi connectivity index (χ2n) is 4.31. The summed E-state index contributed by atoms with van der Waals surface area (Å²) in [5.74, 6) is -0.641. The summed E-state index contributed by atoms with van der Waals surface area (Å²) < 4.78 is 14.7. The minimum Gasteiger partial charge on any atom is -0.462 e. The summed E-state index contributed by atoms with van der Waals surface area (Å²) in [6.07, 6.45) is 1.39. The molecular weight excluding hydrogens is 236 g/mol. The van der Waals surface area contributed by atoms with E-state index in [4.69, 9.17) is 13.9 Å². The Balaban J connectivity index is 2.19. The van der Waals surface area contributed by atoms with E-state index in [2.05, 4.69) is 0 Å². The van der Waals surface area contributed by atoms with Crippen LogP contribution in [-0.2, 0) is 14.3 Å². The fraction of sp³-hybridized carbons (Fsp3) is 0.538. The summed E-state index contributed by atoms with van der Waals surface area (Å²) in [5.41, 5.74) is 0. The summed E-state index contributed by atoms with van der Waals surface area (Å²) in [4.78, 5) is 22.8. The van der Waals surface area contributed by atoms with E-state index < -0.39 is 5.97 Å². The number of furan rings is 1. The van der Waals surface area contributed by atoms with Gasteiger partial charge in [-0.25, -0.2) is 4.79 Å². The van der Waals surface area contributed by atoms with Crippen molar-refractivity contribution in [2.45, 2.75) is 20.8 Å². The third-order valence-electron chi connectivity index (χ3n) is 2.65. The predicted octanol–water partition coefficient (Wildman–Crippen LogP) is 2.27. The van der Waals surface area contributed by atoms with Crippen LogP contribution >= 0.6 is 0 Å². The zero-order valence-electron chi connectivity index (χ0n) is 10.8. The molecule has 0 saturated heterocycles. The van der Waals surface area contributed by atoms with Crippen molar-refractivity contribution in [3.63, 3.8) is 0 Å². The van der Waals surface area contributed by atoms with Gasteiger partial charge >= 0.3 is 11.9 Å². The van der Waals surface area contributed by atoms with Gasteiger partial charge in [-0.1, -0.05) is 20.8 Å². The van der Waals surface area contributed by atoms with Gasteiger partial charge in [-0.3, -0.25) is 4.79 Å². The number of hydrogen-bond acceptors (Lipinski definition) is 5. The van der Waals surface area contributed by atoms with Crippen LogP contribution in [0.25, 0.3) is 0 Å². The Labute approximate surface area is 106 Å². The molecule has 1 unspecified atom stereocenters. The maximum atomic E-state index is 11.5. The van der Waals surface area contributed by atoms with Crippen molar-refractivity contribution in [3.8, 4) is 0 Å². The Bertz CT molecular complexity index is 380. The van der Waals surface area contributed by atoms with Gasteiger partial charge in [0.05, 0.1) is 12.2 Å². The molecule has 1 rings (SSSR count). The molecule has 1 aromatic heterocycles. The molecule has 0 spiro atoms. The third-order valence-corrected chi connectivity index (χ3v) is 2.65. The smallest absolute Gasteiger partial charge is 0.374 e. The molecule has 0 bridgehead atoms. The minimum atomic E-state index is -0.562. The van der Waals surface area contributed by atoms with Gasteiger partial charge in [0.2, 0.25) is 5.76 Å². The van der Waals surface area contributed by atoms with Crippen LogP contribution in [0, 0.1) is 11.8 Å². The monoisotopic (exact) mass is 254 g/mol. The summed E-state index contributed by atoms with van der Waals surface area (Å²) in [6.45, 7) is 5.78. The van der Waals surface area contributed by atoms with Crippen molar-refractivity contribution in [2.24, 2.45) is 11.8 Å². The highest BCUT2D eigenvalue weighted by molar-refractivity contribution is 5.86. The fourth-order valence-corrected chi connectivity index (χ4v) is 1.15. The van der Waals surface area contributed by atoms with Gasteiger partial charge in [-0.05, 0) is 18.1 Å². The van der Waals surface area contributed by atoms with Crippen LogP contribution in [0.4, 0.5) is 0 Å². The van der Waals surface area contributed by atoms with E-state index in [-0.39, 0.29) is 36.8 Å². The van der Waals surface area contributed by atoms with Gasteiger partial charge in [0.1, 0.15) is 13.2 Å². The van der Waals surface area contributed by atoms with Crippen LogP contribution in [0.1, 0.15) is 31.3 Å². The molecule has 0 amide bonds. The molecule has 0 aliphatic rings. The van der Waals surface area contributed by atoms with Crippen LogP contribution in [-0.4, -0.2) is 25.2 Å². The number of carbonyl (C=O) groups excluding carboxylic acids is 2. The van der Waals surface area contributed by atoms with Crippen molar-refractivity contribution < 1.29 is 23.5 Å². The zero-order chi connectivity index (χ0) is 13.5. The van der Waals surface area contributed by atoms with Crippen LogP contribution in [0.3, 0.4) is 0 Å². The molecule has 1 aromatic rings. The predicted molar refractivity (Wildman–Crippen MR) is 64.0 cm³/mol. The Morgan fingerprint density at radius 1 is 1.22 bits per heavy atom. The SMILES string of the molecule is CC(C)C(C)C(=O)OCCOC(=O)c1ccco1. The van der Waals surface area contributed by atoms with E-state index in [0.29, 0.717) is 0 Å². The van der Waals surface area contributed by atoms with Gasteiger partial charge in [-0.2, -0.15) is 0 Å². The molecule has 0 radical (unpaired) electrons. The first kappa shape index (κ1) is 14.3. The molecule has 0 saturated carbocycles. The molecule has 0 aliphatic heterocycles. The van der Waals surface area contributed by atoms with Gasteiger partial charge < -0.3 is 13.9 Å². The molecule has 0 fully saturated rings. The maximum absolute atomic E-state index is 11.5. The Morgan fingerprint density at radius 2 is 1.89 bits per heavy atom. The lowest BCUT2D eigenvalue weighted by molar-refractivity contribution is -0.150. The standard InChI is InChI=1S/C13H18O5/c1-9(2)10(3)12(14)17-7-8-18-13(15)11-5-4-6-16-11/h4-6,9-10H,7-8H2,1-3H3. The molecule has 18 heavy (non-hydrogen) atoms. The number of rotatable bonds is 6. The van der Waals surface area contributed by atoms with E-state index in [0.717, 1.165) is 0 Å². The first-order valence-corrected chi connectivity index (χ1v) is 5.89. The lowest BCUT2D eigenvalue weighted by Gasteiger charge is -2.14. The maximum Gasteiger partial charge on any atom is 0.374 e. The lowest BCUT2D eigenvalue weighted by Crippen LogP contribution is -2.22. The van der Waals surface area contributed by atoms with Crippen molar-refractivity contribution in [2.75, 3.05) is 13.2 Å². The molecular formula is C13H18O5. The summed E-state index contributed by atoms with van der Waals surface area (Å²) in [6, 6.07) is 3.11. The topological polar surface area (TPSA) is 65.7 Å². The fourth-order valence-electron chi connectivity index (χ4n) is 1.15. The van der Waals surface area contributed by atoms with Crippen molar-refractivity contribution in [3.05, 3.63) is 24.2 Å². The number of esters is 2. The summed E-state index contributed by atoms with van der Waals surface area (Å²) >= 11 is 0. The Hall–Kier alpha value is -1.78. The highest BCUT2D eigenvalue weighted by atomic mass is 16.6. The van der Waals surface area contributed by atoms with Crippen molar-refractivity contribution in [1.29, 1.82) is 0 Å². The van der Waals surface area contributed by atoms with E-state index in [1.54, 1.807) is 6.07 Å². The van der Waals surface area contributed by atoms with Crippen molar-refractivity contribution >= 4 is 11.9 Å². The van der Waals surface area contributed by atoms with E-state index in [1.807, 2.05) is 20.8 Å². The quantitative estimate of drug-likeness (QED) is 0.575. The van der Waals surface area contributed by atoms with Crippen LogP contribution in [0.2, 0.25) is 0 Å². The zero-order valence-corrected chi connectivity index (χ0v) is 10.8. The molecule has 5 nitrogen and oxygen atoms in total. The molecule has 0 N–H and O–H groups in total. The van der Waals surface area contributed by atoms with Crippen LogP contribution in [0.15, 0.2) is 22.8 Å². The average molecular weight is 254 g/mol. The number of ether oxygens (including phenoxy) is 2. The van der Waals surface area contributed by atoms with E-state index in [1.165, 1.54) is 12.3 Å². The van der Waals surface area contributed by atoms with Gasteiger partial charge in [-0.15, -0.1) is 0 Å². The highest BCUT2D eigenvalue weighted by Crippen LogP contribution is 2.11. The molecule has 5 heteroatoms. The molecule has 100 valence electrons. The highest BCUT2D eigenvalue weighted by Gasteiger charge is 2.18. The second kappa shape index (κ2) is 6.83. The first-order valence-electron chi connectivity index (χ1n) is 5.89. The second-order valence-corrected chi connectivity index (χ2v) is 4.31. The third kappa shape index (κ3) is 4.24. The molecule has 0 aliphatic carbocycles. The number of carbonyl (C=O) groups is 2. The van der Waals surface area contributed by atoms with Gasteiger partial charge in [0.15, 0.2) is 0 Å². The molecule has 0 aromatic carbocycles. The van der Waals surface area contributed by atoms with Crippen molar-refractivity contribution in [1.82, 2.24) is 0 Å². The largest absolute Gasteiger partial charge is 0.462 e. The summed E-state index contributed by atoms with van der Waals surface area (Å²) in [5, 5.41) is 0. The minimum absolute atomic E-state index is 0.0239. The number of hydrogen-bond donors (Lipinski definition) is 0. The summed E-state index contributed by atoms with van der Waals surface area (Å²) in [7, 11) is 0. The Kier molecular flexibility index (Phi) is 5.42. The first-order chi connectivity index (χ1) is 8.52. The normalized spacial score (nSPS) is 12.2. The van der Waals surface area contributed by atoms with Crippen LogP contribution in [0.5, 0.6) is 0 Å². The van der Waals surface area contributed by atoms with Gasteiger partial charge in [0, 0.05) is 0 Å². The average Bonchev–Trinajstić information content (AvgIpc) is 2.86. The van der Waals surface area contributed by atoms with E-state index in [9.17, 15) is 9.59 Å². The molecule has 1 heterocycles. The van der Waals surface area contributed by atoms with Gasteiger partial charge in [0.25, 0.3) is 0 Å².